The molecule has 0 N–H and O–H groups in total. The molecule has 0 amide bonds. The summed E-state index contributed by atoms with van der Waals surface area (Å²) in [5.74, 6) is 1.28. The Morgan fingerprint density at radius 2 is 1.70 bits per heavy atom. The number of ketones is 1. The number of rotatable bonds is 6. The lowest BCUT2D eigenvalue weighted by Gasteiger charge is -2.01. The zero-order chi connectivity index (χ0) is 19.2. The van der Waals surface area contributed by atoms with E-state index in [1.54, 1.807) is 67.8 Å². The van der Waals surface area contributed by atoms with Crippen LogP contribution >= 0.6 is 0 Å². The minimum atomic E-state index is -0.409. The monoisotopic (exact) mass is 362 g/mol. The van der Waals surface area contributed by atoms with Crippen LogP contribution in [0.4, 0.5) is 0 Å². The third kappa shape index (κ3) is 4.33. The van der Waals surface area contributed by atoms with E-state index >= 15 is 0 Å². The van der Waals surface area contributed by atoms with Crippen LogP contribution in [0, 0.1) is 0 Å². The Hall–Kier alpha value is -3.60. The first kappa shape index (κ1) is 18.2. The average molecular weight is 362 g/mol. The molecular formula is C22H18O5. The molecule has 5 nitrogen and oxygen atoms in total. The van der Waals surface area contributed by atoms with Crippen LogP contribution < -0.4 is 4.74 Å². The molecule has 0 spiro atoms. The predicted octanol–water partition coefficient (Wildman–Crippen LogP) is 4.64. The maximum absolute atomic E-state index is 12.2. The third-order valence-electron chi connectivity index (χ3n) is 3.97. The topological polar surface area (TPSA) is 65.7 Å². The van der Waals surface area contributed by atoms with Crippen molar-refractivity contribution in [3.63, 3.8) is 0 Å². The second-order valence-corrected chi connectivity index (χ2v) is 5.70. The molecule has 0 aliphatic carbocycles. The number of allylic oxidation sites excluding steroid dienone is 1. The number of methoxy groups -OCH3 is 2. The number of carbonyl (C=O) groups excluding carboxylic acids is 2. The Balaban J connectivity index is 1.74. The van der Waals surface area contributed by atoms with Crippen molar-refractivity contribution in [3.05, 3.63) is 83.6 Å². The summed E-state index contributed by atoms with van der Waals surface area (Å²) < 4.78 is 15.6. The predicted molar refractivity (Wildman–Crippen MR) is 102 cm³/mol. The molecule has 0 unspecified atom stereocenters. The summed E-state index contributed by atoms with van der Waals surface area (Å²) in [6, 6.07) is 17.4. The molecule has 0 fully saturated rings. The lowest BCUT2D eigenvalue weighted by molar-refractivity contribution is 0.0600. The Labute approximate surface area is 156 Å². The van der Waals surface area contributed by atoms with Crippen molar-refractivity contribution in [1.82, 2.24) is 0 Å². The van der Waals surface area contributed by atoms with Gasteiger partial charge < -0.3 is 13.9 Å². The number of carbonyl (C=O) groups is 2. The van der Waals surface area contributed by atoms with Crippen LogP contribution in [0.3, 0.4) is 0 Å². The first-order valence-electron chi connectivity index (χ1n) is 8.26. The Kier molecular flexibility index (Phi) is 5.52. The number of furan rings is 1. The molecule has 0 saturated heterocycles. The van der Waals surface area contributed by atoms with Gasteiger partial charge in [0.1, 0.15) is 17.3 Å². The average Bonchev–Trinajstić information content (AvgIpc) is 3.20. The molecular weight excluding hydrogens is 344 g/mol. The van der Waals surface area contributed by atoms with Gasteiger partial charge in [-0.05, 0) is 60.7 Å². The molecule has 0 radical (unpaired) electrons. The minimum absolute atomic E-state index is 0.136. The summed E-state index contributed by atoms with van der Waals surface area (Å²) >= 11 is 0. The van der Waals surface area contributed by atoms with E-state index in [1.807, 2.05) is 6.07 Å². The number of hydrogen-bond acceptors (Lipinski definition) is 5. The minimum Gasteiger partial charge on any atom is -0.497 e. The lowest BCUT2D eigenvalue weighted by atomic mass is 10.1. The van der Waals surface area contributed by atoms with Crippen molar-refractivity contribution in [2.45, 2.75) is 0 Å². The van der Waals surface area contributed by atoms with Crippen LogP contribution in [-0.4, -0.2) is 26.0 Å². The highest BCUT2D eigenvalue weighted by Gasteiger charge is 2.09. The highest BCUT2D eigenvalue weighted by molar-refractivity contribution is 6.06. The number of hydrogen-bond donors (Lipinski definition) is 0. The van der Waals surface area contributed by atoms with E-state index in [9.17, 15) is 9.59 Å². The fraction of sp³-hybridized carbons (Fsp3) is 0.0909. The Morgan fingerprint density at radius 3 is 2.41 bits per heavy atom. The van der Waals surface area contributed by atoms with Crippen molar-refractivity contribution in [1.29, 1.82) is 0 Å². The second kappa shape index (κ2) is 8.19. The van der Waals surface area contributed by atoms with Crippen LogP contribution in [0.2, 0.25) is 0 Å². The van der Waals surface area contributed by atoms with Gasteiger partial charge in [0, 0.05) is 11.1 Å². The van der Waals surface area contributed by atoms with Gasteiger partial charge in [0.2, 0.25) is 0 Å². The maximum atomic E-state index is 12.2. The normalized spacial score (nSPS) is 10.7. The van der Waals surface area contributed by atoms with Crippen LogP contribution in [0.15, 0.2) is 71.2 Å². The van der Waals surface area contributed by atoms with Crippen molar-refractivity contribution in [2.75, 3.05) is 14.2 Å². The van der Waals surface area contributed by atoms with Gasteiger partial charge >= 0.3 is 5.97 Å². The van der Waals surface area contributed by atoms with E-state index in [0.29, 0.717) is 28.4 Å². The molecule has 3 aromatic rings. The zero-order valence-corrected chi connectivity index (χ0v) is 15.0. The van der Waals surface area contributed by atoms with Crippen LogP contribution in [0.25, 0.3) is 17.4 Å². The molecule has 1 heterocycles. The highest BCUT2D eigenvalue weighted by atomic mass is 16.5. The summed E-state index contributed by atoms with van der Waals surface area (Å²) in [7, 11) is 2.91. The molecule has 5 heteroatoms. The van der Waals surface area contributed by atoms with Gasteiger partial charge in [-0.3, -0.25) is 4.79 Å². The van der Waals surface area contributed by atoms with Crippen LogP contribution in [0.1, 0.15) is 26.5 Å². The summed E-state index contributed by atoms with van der Waals surface area (Å²) in [5, 5.41) is 0. The highest BCUT2D eigenvalue weighted by Crippen LogP contribution is 2.24. The van der Waals surface area contributed by atoms with Gasteiger partial charge in [-0.25, -0.2) is 4.79 Å². The largest absolute Gasteiger partial charge is 0.497 e. The summed E-state index contributed by atoms with van der Waals surface area (Å²) in [4.78, 5) is 23.9. The fourth-order valence-corrected chi connectivity index (χ4v) is 2.52. The molecule has 1 aromatic heterocycles. The van der Waals surface area contributed by atoms with Gasteiger partial charge in [-0.15, -0.1) is 0 Å². The molecule has 0 atom stereocenters. The maximum Gasteiger partial charge on any atom is 0.337 e. The number of ether oxygens (including phenoxy) is 2. The molecule has 0 aliphatic rings. The molecule has 0 aliphatic heterocycles. The van der Waals surface area contributed by atoms with Crippen molar-refractivity contribution in [3.8, 4) is 17.1 Å². The van der Waals surface area contributed by atoms with Gasteiger partial charge in [0.25, 0.3) is 0 Å². The van der Waals surface area contributed by atoms with Gasteiger partial charge in [-0.1, -0.05) is 12.1 Å². The quantitative estimate of drug-likeness (QED) is 0.363. The Morgan fingerprint density at radius 1 is 0.926 bits per heavy atom. The van der Waals surface area contributed by atoms with E-state index in [1.165, 1.54) is 13.2 Å². The third-order valence-corrected chi connectivity index (χ3v) is 3.97. The Bertz CT molecular complexity index is 980. The molecule has 27 heavy (non-hydrogen) atoms. The smallest absolute Gasteiger partial charge is 0.337 e. The molecule has 136 valence electrons. The second-order valence-electron chi connectivity index (χ2n) is 5.70. The standard InChI is InChI=1S/C22H18O5/c1-25-18-8-6-15(7-9-18)20(23)12-10-19-11-13-21(27-19)16-4-3-5-17(14-16)22(24)26-2/h3-14H,1-2H3/b12-10+. The van der Waals surface area contributed by atoms with Crippen molar-refractivity contribution in [2.24, 2.45) is 0 Å². The van der Waals surface area contributed by atoms with E-state index < -0.39 is 5.97 Å². The first-order valence-corrected chi connectivity index (χ1v) is 8.26. The van der Waals surface area contributed by atoms with E-state index in [0.717, 1.165) is 5.56 Å². The van der Waals surface area contributed by atoms with E-state index in [4.69, 9.17) is 13.9 Å². The SMILES string of the molecule is COC(=O)c1cccc(-c2ccc(/C=C/C(=O)c3ccc(OC)cc3)o2)c1. The molecule has 2 aromatic carbocycles. The number of benzene rings is 2. The first-order chi connectivity index (χ1) is 13.1. The summed E-state index contributed by atoms with van der Waals surface area (Å²) in [6.07, 6.45) is 3.06. The van der Waals surface area contributed by atoms with E-state index in [-0.39, 0.29) is 5.78 Å². The van der Waals surface area contributed by atoms with Crippen molar-refractivity contribution >= 4 is 17.8 Å². The van der Waals surface area contributed by atoms with Gasteiger partial charge in [-0.2, -0.15) is 0 Å². The van der Waals surface area contributed by atoms with Crippen LogP contribution in [-0.2, 0) is 4.74 Å². The van der Waals surface area contributed by atoms with Gasteiger partial charge in [0.05, 0.1) is 19.8 Å². The zero-order valence-electron chi connectivity index (χ0n) is 15.0. The van der Waals surface area contributed by atoms with Crippen LogP contribution in [0.5, 0.6) is 5.75 Å². The summed E-state index contributed by atoms with van der Waals surface area (Å²) in [6.45, 7) is 0. The molecule has 0 bridgehead atoms. The molecule has 0 saturated carbocycles. The fourth-order valence-electron chi connectivity index (χ4n) is 2.52. The molecule has 3 rings (SSSR count). The lowest BCUT2D eigenvalue weighted by Crippen LogP contribution is -2.00. The van der Waals surface area contributed by atoms with E-state index in [2.05, 4.69) is 0 Å². The number of esters is 1. The van der Waals surface area contributed by atoms with Gasteiger partial charge in [0.15, 0.2) is 5.78 Å². The van der Waals surface area contributed by atoms with Crippen molar-refractivity contribution < 1.29 is 23.5 Å². The summed E-state index contributed by atoms with van der Waals surface area (Å²) in [5.41, 5.74) is 1.75.